The Morgan fingerprint density at radius 1 is 0.600 bits per heavy atom. The zero-order valence-electron chi connectivity index (χ0n) is 15.6. The third-order valence-electron chi connectivity index (χ3n) is 4.45. The van der Waals surface area contributed by atoms with Crippen LogP contribution in [0.1, 0.15) is 22.5 Å². The Morgan fingerprint density at radius 2 is 0.967 bits per heavy atom. The number of hydrogen-bond acceptors (Lipinski definition) is 4. The van der Waals surface area contributed by atoms with Crippen molar-refractivity contribution in [2.24, 2.45) is 0 Å². The van der Waals surface area contributed by atoms with Crippen molar-refractivity contribution in [2.45, 2.75) is 0 Å². The molecule has 0 aliphatic carbocycles. The molecule has 6 heteroatoms. The van der Waals surface area contributed by atoms with Crippen molar-refractivity contribution in [3.05, 3.63) is 105 Å². The fourth-order valence-electron chi connectivity index (χ4n) is 2.91. The van der Waals surface area contributed by atoms with Gasteiger partial charge in [0.15, 0.2) is 0 Å². The van der Waals surface area contributed by atoms with Gasteiger partial charge in [0, 0.05) is 33.3 Å². The van der Waals surface area contributed by atoms with E-state index in [0.29, 0.717) is 43.6 Å². The predicted octanol–water partition coefficient (Wildman–Crippen LogP) is 7.05. The average molecular weight is 435 g/mol. The smallest absolute Gasteiger partial charge is 0.125 e. The Morgan fingerprint density at radius 3 is 1.33 bits per heavy atom. The van der Waals surface area contributed by atoms with E-state index in [1.54, 1.807) is 48.5 Å². The first-order valence-corrected chi connectivity index (χ1v) is 9.85. The minimum atomic E-state index is 0.0110. The van der Waals surface area contributed by atoms with Gasteiger partial charge in [-0.25, -0.2) is 9.97 Å². The molecule has 2 N–H and O–H groups in total. The molecule has 0 spiro atoms. The third-order valence-corrected chi connectivity index (χ3v) is 4.96. The number of hydrogen-bond donors (Lipinski definition) is 2. The van der Waals surface area contributed by atoms with Crippen LogP contribution >= 0.6 is 23.2 Å². The molecular formula is C24H16Cl2N2O2. The maximum atomic E-state index is 10.6. The lowest BCUT2D eigenvalue weighted by molar-refractivity contribution is 0.514. The Labute approximate surface area is 183 Å². The van der Waals surface area contributed by atoms with E-state index in [-0.39, 0.29) is 11.5 Å². The highest BCUT2D eigenvalue weighted by Crippen LogP contribution is 2.24. The summed E-state index contributed by atoms with van der Waals surface area (Å²) in [5.41, 5.74) is 3.37. The zero-order valence-corrected chi connectivity index (χ0v) is 17.1. The molecule has 0 aliphatic rings. The molecule has 1 heterocycles. The molecule has 0 saturated heterocycles. The highest BCUT2D eigenvalue weighted by Gasteiger charge is 2.10. The Balaban J connectivity index is 1.83. The van der Waals surface area contributed by atoms with Crippen LogP contribution in [0.3, 0.4) is 0 Å². The monoisotopic (exact) mass is 434 g/mol. The van der Waals surface area contributed by atoms with Gasteiger partial charge in [-0.3, -0.25) is 0 Å². The Bertz CT molecular complexity index is 1160. The number of aliphatic hydroxyl groups excluding tert-OH is 2. The molecule has 0 fully saturated rings. The minimum Gasteiger partial charge on any atom is -0.507 e. The van der Waals surface area contributed by atoms with Gasteiger partial charge in [0.1, 0.15) is 11.5 Å². The lowest BCUT2D eigenvalue weighted by Crippen LogP contribution is -1.96. The standard InChI is InChI=1S/C24H16Cl2N2O2/c25-17-9-5-15(6-10-17)23(29)13-21-22(28-20-4-2-1-3-19(20)27-21)14-24(30)16-7-11-18(26)12-8-16/h1-14,29-30H/b23-13+,24-14+. The summed E-state index contributed by atoms with van der Waals surface area (Å²) in [5, 5.41) is 22.3. The third kappa shape index (κ3) is 4.46. The number of rotatable bonds is 4. The largest absolute Gasteiger partial charge is 0.507 e. The van der Waals surface area contributed by atoms with Crippen molar-refractivity contribution in [2.75, 3.05) is 0 Å². The summed E-state index contributed by atoms with van der Waals surface area (Å²) < 4.78 is 0. The Hall–Kier alpha value is -3.34. The van der Waals surface area contributed by atoms with E-state index in [1.165, 1.54) is 12.2 Å². The first kappa shape index (κ1) is 20.0. The molecule has 0 amide bonds. The quantitative estimate of drug-likeness (QED) is 0.337. The number of aliphatic hydroxyl groups is 2. The van der Waals surface area contributed by atoms with E-state index in [2.05, 4.69) is 9.97 Å². The van der Waals surface area contributed by atoms with E-state index < -0.39 is 0 Å². The molecular weight excluding hydrogens is 419 g/mol. The molecule has 0 aliphatic heterocycles. The lowest BCUT2D eigenvalue weighted by atomic mass is 10.1. The summed E-state index contributed by atoms with van der Waals surface area (Å²) in [6.45, 7) is 0. The zero-order chi connectivity index (χ0) is 21.1. The highest BCUT2D eigenvalue weighted by molar-refractivity contribution is 6.30. The van der Waals surface area contributed by atoms with Crippen molar-refractivity contribution >= 4 is 57.9 Å². The summed E-state index contributed by atoms with van der Waals surface area (Å²) in [4.78, 5) is 9.23. The molecule has 0 bridgehead atoms. The second-order valence-corrected chi connectivity index (χ2v) is 7.43. The topological polar surface area (TPSA) is 66.2 Å². The van der Waals surface area contributed by atoms with E-state index >= 15 is 0 Å². The van der Waals surface area contributed by atoms with E-state index in [0.717, 1.165) is 0 Å². The van der Waals surface area contributed by atoms with Gasteiger partial charge in [0.05, 0.1) is 22.4 Å². The fourth-order valence-corrected chi connectivity index (χ4v) is 3.16. The van der Waals surface area contributed by atoms with Gasteiger partial charge in [-0.05, 0) is 60.7 Å². The number of fused-ring (bicyclic) bond motifs is 1. The lowest BCUT2D eigenvalue weighted by Gasteiger charge is -2.07. The number of halogens is 2. The van der Waals surface area contributed by atoms with Crippen LogP contribution < -0.4 is 0 Å². The SMILES string of the molecule is O/C(=C/c1nc2ccccc2nc1/C=C(/O)c1ccc(Cl)cc1)c1ccc(Cl)cc1. The van der Waals surface area contributed by atoms with Gasteiger partial charge in [0.2, 0.25) is 0 Å². The maximum Gasteiger partial charge on any atom is 0.125 e. The van der Waals surface area contributed by atoms with Gasteiger partial charge in [-0.2, -0.15) is 0 Å². The van der Waals surface area contributed by atoms with Crippen molar-refractivity contribution in [1.82, 2.24) is 9.97 Å². The molecule has 0 radical (unpaired) electrons. The van der Waals surface area contributed by atoms with Crippen LogP contribution in [0.25, 0.3) is 34.7 Å². The summed E-state index contributed by atoms with van der Waals surface area (Å²) in [6, 6.07) is 21.0. The molecule has 4 aromatic rings. The van der Waals surface area contributed by atoms with Crippen LogP contribution in [0, 0.1) is 0 Å². The number of para-hydroxylation sites is 2. The number of aromatic nitrogens is 2. The first-order chi connectivity index (χ1) is 14.5. The molecule has 0 atom stereocenters. The van der Waals surface area contributed by atoms with Gasteiger partial charge in [-0.1, -0.05) is 35.3 Å². The number of benzene rings is 3. The normalized spacial score (nSPS) is 12.3. The van der Waals surface area contributed by atoms with Crippen LogP contribution in [-0.2, 0) is 0 Å². The van der Waals surface area contributed by atoms with Crippen LogP contribution in [0.2, 0.25) is 10.0 Å². The molecule has 0 unspecified atom stereocenters. The second-order valence-electron chi connectivity index (χ2n) is 6.56. The molecule has 4 nitrogen and oxygen atoms in total. The maximum absolute atomic E-state index is 10.6. The predicted molar refractivity (Wildman–Crippen MR) is 123 cm³/mol. The summed E-state index contributed by atoms with van der Waals surface area (Å²) >= 11 is 11.9. The molecule has 3 aromatic carbocycles. The van der Waals surface area contributed by atoms with Crippen molar-refractivity contribution < 1.29 is 10.2 Å². The van der Waals surface area contributed by atoms with Gasteiger partial charge >= 0.3 is 0 Å². The van der Waals surface area contributed by atoms with Crippen molar-refractivity contribution in [1.29, 1.82) is 0 Å². The number of nitrogens with zero attached hydrogens (tertiary/aromatic N) is 2. The highest BCUT2D eigenvalue weighted by atomic mass is 35.5. The van der Waals surface area contributed by atoms with Gasteiger partial charge in [-0.15, -0.1) is 0 Å². The van der Waals surface area contributed by atoms with Gasteiger partial charge < -0.3 is 10.2 Å². The summed E-state index contributed by atoms with van der Waals surface area (Å²) in [5.74, 6) is 0.0220. The van der Waals surface area contributed by atoms with E-state index in [1.807, 2.05) is 24.3 Å². The summed E-state index contributed by atoms with van der Waals surface area (Å²) in [6.07, 6.45) is 3.04. The van der Waals surface area contributed by atoms with E-state index in [4.69, 9.17) is 23.2 Å². The van der Waals surface area contributed by atoms with Crippen LogP contribution in [-0.4, -0.2) is 20.2 Å². The average Bonchev–Trinajstić information content (AvgIpc) is 2.75. The van der Waals surface area contributed by atoms with Crippen LogP contribution in [0.5, 0.6) is 0 Å². The molecule has 0 saturated carbocycles. The molecule has 4 rings (SSSR count). The second kappa shape index (κ2) is 8.57. The summed E-state index contributed by atoms with van der Waals surface area (Å²) in [7, 11) is 0. The van der Waals surface area contributed by atoms with Crippen LogP contribution in [0.15, 0.2) is 72.8 Å². The Kier molecular flexibility index (Phi) is 5.70. The van der Waals surface area contributed by atoms with Crippen LogP contribution in [0.4, 0.5) is 0 Å². The van der Waals surface area contributed by atoms with Gasteiger partial charge in [0.25, 0.3) is 0 Å². The fraction of sp³-hybridized carbons (Fsp3) is 0. The van der Waals surface area contributed by atoms with Crippen molar-refractivity contribution in [3.8, 4) is 0 Å². The molecule has 148 valence electrons. The molecule has 1 aromatic heterocycles. The van der Waals surface area contributed by atoms with Crippen molar-refractivity contribution in [3.63, 3.8) is 0 Å². The first-order valence-electron chi connectivity index (χ1n) is 9.09. The molecule has 30 heavy (non-hydrogen) atoms. The minimum absolute atomic E-state index is 0.0110. The van der Waals surface area contributed by atoms with E-state index in [9.17, 15) is 10.2 Å².